The number of nitrogens with zero attached hydrogens (tertiary/aromatic N) is 3. The Morgan fingerprint density at radius 1 is 1.28 bits per heavy atom. The van der Waals surface area contributed by atoms with E-state index in [0.717, 1.165) is 25.1 Å². The van der Waals surface area contributed by atoms with Crippen LogP contribution in [0.1, 0.15) is 29.4 Å². The third-order valence-corrected chi connectivity index (χ3v) is 4.53. The summed E-state index contributed by atoms with van der Waals surface area (Å²) in [4.78, 5) is 21.0. The number of pyridine rings is 1. The number of para-hydroxylation sites is 1. The van der Waals surface area contributed by atoms with Gasteiger partial charge in [-0.3, -0.25) is 4.79 Å². The molecule has 1 amide bonds. The predicted molar refractivity (Wildman–Crippen MR) is 101 cm³/mol. The van der Waals surface area contributed by atoms with E-state index < -0.39 is 0 Å². The Morgan fingerprint density at radius 2 is 2.08 bits per heavy atom. The van der Waals surface area contributed by atoms with Crippen molar-refractivity contribution in [1.29, 1.82) is 0 Å². The summed E-state index contributed by atoms with van der Waals surface area (Å²) >= 11 is 0. The van der Waals surface area contributed by atoms with Gasteiger partial charge >= 0.3 is 0 Å². The van der Waals surface area contributed by atoms with Crippen LogP contribution >= 0.6 is 0 Å². The summed E-state index contributed by atoms with van der Waals surface area (Å²) in [5.74, 6) is -0.111. The van der Waals surface area contributed by atoms with E-state index in [0.29, 0.717) is 18.3 Å². The lowest BCUT2D eigenvalue weighted by atomic mass is 10.1. The minimum atomic E-state index is -0.111. The maximum Gasteiger partial charge on any atom is 0.269 e. The molecule has 25 heavy (non-hydrogen) atoms. The molecule has 0 spiro atoms. The molecule has 1 atom stereocenters. The van der Waals surface area contributed by atoms with Crippen molar-refractivity contribution < 1.29 is 4.79 Å². The third-order valence-electron chi connectivity index (χ3n) is 4.53. The van der Waals surface area contributed by atoms with Gasteiger partial charge in [-0.25, -0.2) is 4.98 Å². The summed E-state index contributed by atoms with van der Waals surface area (Å²) in [6.07, 6.45) is 3.76. The first kappa shape index (κ1) is 17.4. The van der Waals surface area contributed by atoms with Crippen LogP contribution in [0.15, 0.2) is 42.6 Å². The molecule has 1 aromatic carbocycles. The summed E-state index contributed by atoms with van der Waals surface area (Å²) in [5.41, 5.74) is 4.09. The summed E-state index contributed by atoms with van der Waals surface area (Å²) in [7, 11) is 4.05. The standard InChI is InChI=1S/C20H26N4O/c1-15-13-16-7-4-5-8-19(16)24(15)17-9-10-18(22-14-17)20(25)21-11-6-12-23(2)3/h4-5,7-10,14-15H,6,11-13H2,1-3H3,(H,21,25). The number of fused-ring (bicyclic) bond motifs is 1. The van der Waals surface area contributed by atoms with E-state index >= 15 is 0 Å². The Bertz CT molecular complexity index is 727. The fourth-order valence-electron chi connectivity index (χ4n) is 3.31. The first-order valence-electron chi connectivity index (χ1n) is 8.82. The van der Waals surface area contributed by atoms with Gasteiger partial charge in [0.1, 0.15) is 5.69 Å². The highest BCUT2D eigenvalue weighted by Gasteiger charge is 2.26. The number of nitrogens with one attached hydrogen (secondary N) is 1. The first-order valence-corrected chi connectivity index (χ1v) is 8.82. The van der Waals surface area contributed by atoms with E-state index in [-0.39, 0.29) is 5.91 Å². The molecule has 5 heteroatoms. The van der Waals surface area contributed by atoms with Gasteiger partial charge in [0.15, 0.2) is 0 Å². The summed E-state index contributed by atoms with van der Waals surface area (Å²) < 4.78 is 0. The molecule has 2 heterocycles. The molecule has 0 saturated carbocycles. The average Bonchev–Trinajstić information content (AvgIpc) is 2.94. The van der Waals surface area contributed by atoms with Crippen molar-refractivity contribution in [3.05, 3.63) is 53.9 Å². The zero-order chi connectivity index (χ0) is 17.8. The largest absolute Gasteiger partial charge is 0.351 e. The molecule has 1 N–H and O–H groups in total. The van der Waals surface area contributed by atoms with E-state index in [9.17, 15) is 4.79 Å². The third kappa shape index (κ3) is 3.99. The van der Waals surface area contributed by atoms with Gasteiger partial charge in [0.2, 0.25) is 0 Å². The monoisotopic (exact) mass is 338 g/mol. The van der Waals surface area contributed by atoms with E-state index in [4.69, 9.17) is 0 Å². The Morgan fingerprint density at radius 3 is 2.80 bits per heavy atom. The van der Waals surface area contributed by atoms with Crippen molar-refractivity contribution >= 4 is 17.3 Å². The summed E-state index contributed by atoms with van der Waals surface area (Å²) in [6, 6.07) is 12.7. The quantitative estimate of drug-likeness (QED) is 0.823. The van der Waals surface area contributed by atoms with Crippen LogP contribution in [0.4, 0.5) is 11.4 Å². The van der Waals surface area contributed by atoms with E-state index in [2.05, 4.69) is 51.3 Å². The van der Waals surface area contributed by atoms with Crippen LogP contribution in [-0.2, 0) is 6.42 Å². The molecule has 1 aliphatic rings. The molecular formula is C20H26N4O. The number of anilines is 2. The Hall–Kier alpha value is -2.40. The lowest BCUT2D eigenvalue weighted by Gasteiger charge is -2.24. The van der Waals surface area contributed by atoms with E-state index in [1.165, 1.54) is 11.3 Å². The highest BCUT2D eigenvalue weighted by Crippen LogP contribution is 2.37. The molecule has 0 saturated heterocycles. The smallest absolute Gasteiger partial charge is 0.269 e. The van der Waals surface area contributed by atoms with Crippen LogP contribution in [0.25, 0.3) is 0 Å². The molecule has 0 fully saturated rings. The van der Waals surface area contributed by atoms with Crippen molar-refractivity contribution in [3.63, 3.8) is 0 Å². The van der Waals surface area contributed by atoms with Crippen molar-refractivity contribution in [2.45, 2.75) is 25.8 Å². The van der Waals surface area contributed by atoms with Gasteiger partial charge in [-0.1, -0.05) is 18.2 Å². The Labute approximate surface area is 149 Å². The number of hydrogen-bond acceptors (Lipinski definition) is 4. The summed E-state index contributed by atoms with van der Waals surface area (Å²) in [6.45, 7) is 3.83. The highest BCUT2D eigenvalue weighted by atomic mass is 16.1. The van der Waals surface area contributed by atoms with Crippen molar-refractivity contribution in [2.24, 2.45) is 0 Å². The van der Waals surface area contributed by atoms with Crippen molar-refractivity contribution in [2.75, 3.05) is 32.1 Å². The zero-order valence-electron chi connectivity index (χ0n) is 15.2. The summed E-state index contributed by atoms with van der Waals surface area (Å²) in [5, 5.41) is 2.93. The van der Waals surface area contributed by atoms with E-state index in [1.807, 2.05) is 26.2 Å². The second-order valence-corrected chi connectivity index (χ2v) is 6.87. The molecule has 5 nitrogen and oxygen atoms in total. The van der Waals surface area contributed by atoms with Gasteiger partial charge in [-0.2, -0.15) is 0 Å². The normalized spacial score (nSPS) is 16.2. The van der Waals surface area contributed by atoms with Crippen LogP contribution in [0, 0.1) is 0 Å². The molecule has 0 radical (unpaired) electrons. The molecule has 2 aromatic rings. The van der Waals surface area contributed by atoms with Crippen LogP contribution in [0.2, 0.25) is 0 Å². The lowest BCUT2D eigenvalue weighted by molar-refractivity contribution is 0.0947. The van der Waals surface area contributed by atoms with Gasteiger partial charge in [-0.05, 0) is 64.2 Å². The van der Waals surface area contributed by atoms with Crippen molar-refractivity contribution in [3.8, 4) is 0 Å². The minimum Gasteiger partial charge on any atom is -0.351 e. The van der Waals surface area contributed by atoms with Crippen molar-refractivity contribution in [1.82, 2.24) is 15.2 Å². The number of carbonyl (C=O) groups is 1. The van der Waals surface area contributed by atoms with Gasteiger partial charge < -0.3 is 15.1 Å². The fourth-order valence-corrected chi connectivity index (χ4v) is 3.31. The molecule has 0 bridgehead atoms. The van der Waals surface area contributed by atoms with Gasteiger partial charge in [0.05, 0.1) is 11.9 Å². The predicted octanol–water partition coefficient (Wildman–Crippen LogP) is 2.85. The lowest BCUT2D eigenvalue weighted by Crippen LogP contribution is -2.28. The van der Waals surface area contributed by atoms with Crippen LogP contribution in [-0.4, -0.2) is 49.0 Å². The Kier molecular flexibility index (Phi) is 5.34. The topological polar surface area (TPSA) is 48.5 Å². The second-order valence-electron chi connectivity index (χ2n) is 6.87. The number of benzene rings is 1. The number of rotatable bonds is 6. The minimum absolute atomic E-state index is 0.111. The maximum absolute atomic E-state index is 12.2. The van der Waals surface area contributed by atoms with E-state index in [1.54, 1.807) is 6.20 Å². The molecule has 1 aromatic heterocycles. The number of amides is 1. The van der Waals surface area contributed by atoms with Crippen LogP contribution < -0.4 is 10.2 Å². The zero-order valence-corrected chi connectivity index (χ0v) is 15.2. The Balaban J connectivity index is 1.65. The van der Waals surface area contributed by atoms with Gasteiger partial charge in [0, 0.05) is 18.3 Å². The number of hydrogen-bond donors (Lipinski definition) is 1. The highest BCUT2D eigenvalue weighted by molar-refractivity contribution is 5.92. The van der Waals surface area contributed by atoms with Gasteiger partial charge in [-0.15, -0.1) is 0 Å². The molecule has 3 rings (SSSR count). The van der Waals surface area contributed by atoms with Crippen LogP contribution in [0.3, 0.4) is 0 Å². The second kappa shape index (κ2) is 7.66. The molecule has 132 valence electrons. The molecule has 0 aliphatic carbocycles. The first-order chi connectivity index (χ1) is 12.1. The SMILES string of the molecule is CC1Cc2ccccc2N1c1ccc(C(=O)NCCCN(C)C)nc1. The van der Waals surface area contributed by atoms with Crippen LogP contribution in [0.5, 0.6) is 0 Å². The number of aromatic nitrogens is 1. The fraction of sp³-hybridized carbons (Fsp3) is 0.400. The molecule has 1 unspecified atom stereocenters. The maximum atomic E-state index is 12.2. The molecular weight excluding hydrogens is 312 g/mol. The number of carbonyl (C=O) groups excluding carboxylic acids is 1. The van der Waals surface area contributed by atoms with Gasteiger partial charge in [0.25, 0.3) is 5.91 Å². The molecule has 1 aliphatic heterocycles. The average molecular weight is 338 g/mol.